The van der Waals surface area contributed by atoms with E-state index < -0.39 is 11.6 Å². The first kappa shape index (κ1) is 23.4. The van der Waals surface area contributed by atoms with Crippen LogP contribution in [-0.4, -0.2) is 48.3 Å². The molecule has 1 fully saturated rings. The van der Waals surface area contributed by atoms with Crippen LogP contribution in [0.4, 0.5) is 0 Å². The van der Waals surface area contributed by atoms with Gasteiger partial charge in [0.2, 0.25) is 0 Å². The fourth-order valence-electron chi connectivity index (χ4n) is 4.21. The van der Waals surface area contributed by atoms with E-state index in [2.05, 4.69) is 5.32 Å². The average Bonchev–Trinajstić information content (AvgIpc) is 3.02. The zero-order valence-electron chi connectivity index (χ0n) is 18.4. The Labute approximate surface area is 190 Å². The lowest BCUT2D eigenvalue weighted by atomic mass is 9.82. The molecule has 0 amide bonds. The number of methoxy groups -OCH3 is 1. The maximum absolute atomic E-state index is 11.1. The number of hydrogen-bond acceptors (Lipinski definition) is 6. The van der Waals surface area contributed by atoms with Gasteiger partial charge in [-0.3, -0.25) is 5.01 Å². The first-order valence-corrected chi connectivity index (χ1v) is 10.6. The Kier molecular flexibility index (Phi) is 7.46. The second-order valence-corrected chi connectivity index (χ2v) is 8.55. The van der Waals surface area contributed by atoms with Crippen LogP contribution in [0.25, 0.3) is 0 Å². The number of hydrogen-bond donors (Lipinski definition) is 2. The van der Waals surface area contributed by atoms with Crippen molar-refractivity contribution < 1.29 is 14.6 Å². The maximum Gasteiger partial charge on any atom is 0.162 e. The minimum absolute atomic E-state index is 0. The lowest BCUT2D eigenvalue weighted by Gasteiger charge is -2.35. The zero-order chi connectivity index (χ0) is 21.1. The number of aliphatic hydroxyl groups is 1. The van der Waals surface area contributed by atoms with Crippen LogP contribution in [0.15, 0.2) is 53.6 Å². The molecule has 2 N–H and O–H groups in total. The standard InChI is InChI=1S/C24H31N3O3.ClH/c1-24(2)22(26-27(23(24)28)19-11-13-25-14-12-19)18-9-10-20(29-3)21(15-18)30-16-17-7-5-4-6-8-17;/h4-10,15,19,23,25,28H,11-14,16H2,1-3H3;1H. The molecule has 7 heteroatoms. The molecule has 168 valence electrons. The van der Waals surface area contributed by atoms with Crippen LogP contribution in [0.2, 0.25) is 0 Å². The Bertz CT molecular complexity index is 898. The number of halogens is 1. The van der Waals surface area contributed by atoms with Crippen LogP contribution in [0, 0.1) is 5.41 Å². The number of hydrazone groups is 1. The van der Waals surface area contributed by atoms with Gasteiger partial charge < -0.3 is 19.9 Å². The number of piperidine rings is 1. The number of ether oxygens (including phenoxy) is 2. The van der Waals surface area contributed by atoms with Crippen molar-refractivity contribution >= 4 is 18.1 Å². The zero-order valence-corrected chi connectivity index (χ0v) is 19.2. The highest BCUT2D eigenvalue weighted by Crippen LogP contribution is 2.39. The van der Waals surface area contributed by atoms with Crippen molar-refractivity contribution in [1.29, 1.82) is 0 Å². The van der Waals surface area contributed by atoms with E-state index in [-0.39, 0.29) is 18.4 Å². The summed E-state index contributed by atoms with van der Waals surface area (Å²) < 4.78 is 11.6. The molecule has 0 radical (unpaired) electrons. The third-order valence-electron chi connectivity index (χ3n) is 6.08. The first-order valence-electron chi connectivity index (χ1n) is 10.6. The van der Waals surface area contributed by atoms with Gasteiger partial charge in [0.15, 0.2) is 17.7 Å². The van der Waals surface area contributed by atoms with E-state index in [1.54, 1.807) is 7.11 Å². The van der Waals surface area contributed by atoms with Gasteiger partial charge >= 0.3 is 0 Å². The second-order valence-electron chi connectivity index (χ2n) is 8.55. The van der Waals surface area contributed by atoms with E-state index in [4.69, 9.17) is 14.6 Å². The molecular formula is C24H32ClN3O3. The molecular weight excluding hydrogens is 414 g/mol. The molecule has 0 aliphatic carbocycles. The summed E-state index contributed by atoms with van der Waals surface area (Å²) in [7, 11) is 1.64. The molecule has 2 aromatic carbocycles. The molecule has 4 rings (SSSR count). The van der Waals surface area contributed by atoms with Crippen molar-refractivity contribution in [3.63, 3.8) is 0 Å². The molecule has 0 spiro atoms. The van der Waals surface area contributed by atoms with Gasteiger partial charge in [-0.2, -0.15) is 5.10 Å². The van der Waals surface area contributed by atoms with Crippen molar-refractivity contribution in [1.82, 2.24) is 10.3 Å². The highest BCUT2D eigenvalue weighted by atomic mass is 35.5. The van der Waals surface area contributed by atoms with Crippen molar-refractivity contribution in [2.45, 2.75) is 45.6 Å². The fraction of sp³-hybridized carbons (Fsp3) is 0.458. The fourth-order valence-corrected chi connectivity index (χ4v) is 4.21. The Balaban J connectivity index is 0.00000272. The number of nitrogens with zero attached hydrogens (tertiary/aromatic N) is 2. The summed E-state index contributed by atoms with van der Waals surface area (Å²) in [6.07, 6.45) is 1.32. The molecule has 0 aromatic heterocycles. The summed E-state index contributed by atoms with van der Waals surface area (Å²) in [5.41, 5.74) is 2.42. The van der Waals surface area contributed by atoms with E-state index >= 15 is 0 Å². The molecule has 2 aliphatic rings. The Hall–Kier alpha value is -2.28. The lowest BCUT2D eigenvalue weighted by molar-refractivity contribution is -0.0596. The molecule has 31 heavy (non-hydrogen) atoms. The normalized spacial score (nSPS) is 20.7. The quantitative estimate of drug-likeness (QED) is 0.707. The molecule has 1 atom stereocenters. The average molecular weight is 446 g/mol. The van der Waals surface area contributed by atoms with E-state index in [0.29, 0.717) is 18.1 Å². The van der Waals surface area contributed by atoms with Crippen LogP contribution in [-0.2, 0) is 6.61 Å². The third-order valence-corrected chi connectivity index (χ3v) is 6.08. The SMILES string of the molecule is COc1ccc(C2=NN(C3CCNCC3)C(O)C2(C)C)cc1OCc1ccccc1.Cl. The van der Waals surface area contributed by atoms with Gasteiger partial charge in [-0.15, -0.1) is 12.4 Å². The number of rotatable bonds is 6. The summed E-state index contributed by atoms with van der Waals surface area (Å²) >= 11 is 0. The van der Waals surface area contributed by atoms with E-state index in [1.807, 2.05) is 67.4 Å². The van der Waals surface area contributed by atoms with Crippen LogP contribution >= 0.6 is 12.4 Å². The molecule has 2 heterocycles. The highest BCUT2D eigenvalue weighted by molar-refractivity contribution is 6.06. The summed E-state index contributed by atoms with van der Waals surface area (Å²) in [6.45, 7) is 6.47. The molecule has 0 bridgehead atoms. The van der Waals surface area contributed by atoms with E-state index in [9.17, 15) is 5.11 Å². The Morgan fingerprint density at radius 2 is 1.81 bits per heavy atom. The molecule has 0 saturated carbocycles. The second kappa shape index (κ2) is 9.90. The predicted molar refractivity (Wildman–Crippen MR) is 125 cm³/mol. The van der Waals surface area contributed by atoms with Crippen LogP contribution in [0.1, 0.15) is 37.8 Å². The Morgan fingerprint density at radius 1 is 1.10 bits per heavy atom. The van der Waals surface area contributed by atoms with Crippen LogP contribution in [0.3, 0.4) is 0 Å². The maximum atomic E-state index is 11.1. The van der Waals surface area contributed by atoms with E-state index in [1.165, 1.54) is 0 Å². The third kappa shape index (κ3) is 4.81. The monoisotopic (exact) mass is 445 g/mol. The number of nitrogens with one attached hydrogen (secondary N) is 1. The highest BCUT2D eigenvalue weighted by Gasteiger charge is 2.46. The summed E-state index contributed by atoms with van der Waals surface area (Å²) in [5.74, 6) is 1.36. The minimum atomic E-state index is -0.647. The van der Waals surface area contributed by atoms with Gasteiger partial charge in [0, 0.05) is 5.56 Å². The smallest absolute Gasteiger partial charge is 0.162 e. The van der Waals surface area contributed by atoms with Crippen molar-refractivity contribution in [3.8, 4) is 11.5 Å². The van der Waals surface area contributed by atoms with Gasteiger partial charge in [0.25, 0.3) is 0 Å². The lowest BCUT2D eigenvalue weighted by Crippen LogP contribution is -2.47. The molecule has 1 saturated heterocycles. The van der Waals surface area contributed by atoms with Gasteiger partial charge in [-0.05, 0) is 63.5 Å². The first-order chi connectivity index (χ1) is 14.5. The van der Waals surface area contributed by atoms with Gasteiger partial charge in [0.1, 0.15) is 6.61 Å². The van der Waals surface area contributed by atoms with E-state index in [0.717, 1.165) is 42.8 Å². The molecule has 2 aliphatic heterocycles. The minimum Gasteiger partial charge on any atom is -0.493 e. The topological polar surface area (TPSA) is 66.3 Å². The predicted octanol–water partition coefficient (Wildman–Crippen LogP) is 3.81. The van der Waals surface area contributed by atoms with Gasteiger partial charge in [-0.25, -0.2) is 0 Å². The molecule has 2 aromatic rings. The van der Waals surface area contributed by atoms with Gasteiger partial charge in [0.05, 0.1) is 24.3 Å². The summed E-state index contributed by atoms with van der Waals surface area (Å²) in [6, 6.07) is 16.2. The molecule has 1 unspecified atom stereocenters. The van der Waals surface area contributed by atoms with Crippen molar-refractivity contribution in [3.05, 3.63) is 59.7 Å². The van der Waals surface area contributed by atoms with Crippen LogP contribution in [0.5, 0.6) is 11.5 Å². The number of aliphatic hydroxyl groups excluding tert-OH is 1. The molecule has 6 nitrogen and oxygen atoms in total. The summed E-state index contributed by atoms with van der Waals surface area (Å²) in [4.78, 5) is 0. The van der Waals surface area contributed by atoms with Crippen LogP contribution < -0.4 is 14.8 Å². The van der Waals surface area contributed by atoms with Gasteiger partial charge in [-0.1, -0.05) is 30.3 Å². The Morgan fingerprint density at radius 3 is 2.48 bits per heavy atom. The summed E-state index contributed by atoms with van der Waals surface area (Å²) in [5, 5.41) is 21.2. The number of benzene rings is 2. The largest absolute Gasteiger partial charge is 0.493 e. The van der Waals surface area contributed by atoms with Crippen molar-refractivity contribution in [2.75, 3.05) is 20.2 Å². The van der Waals surface area contributed by atoms with Crippen molar-refractivity contribution in [2.24, 2.45) is 10.5 Å².